The van der Waals surface area contributed by atoms with E-state index in [2.05, 4.69) is 11.8 Å². The Hall–Kier alpha value is -0.570. The Morgan fingerprint density at radius 2 is 1.95 bits per heavy atom. The molecule has 1 saturated carbocycles. The van der Waals surface area contributed by atoms with Crippen molar-refractivity contribution in [1.29, 1.82) is 0 Å². The molecule has 1 aromatic carbocycles. The van der Waals surface area contributed by atoms with Crippen LogP contribution in [0.25, 0.3) is 0 Å². The normalized spacial score (nSPS) is 23.1. The number of halogens is 2. The van der Waals surface area contributed by atoms with Crippen LogP contribution in [-0.4, -0.2) is 30.3 Å². The minimum absolute atomic E-state index is 0.101. The van der Waals surface area contributed by atoms with Crippen molar-refractivity contribution in [2.24, 2.45) is 5.92 Å². The Balaban J connectivity index is 2.01. The standard InChI is InChI=1S/C16H21Cl2NO/c1-11-5-3-4-6-15(11)19(2)10-16(20)12-7-8-13(17)14(18)9-12/h7-9,11,15H,3-6,10H2,1-2H3. The van der Waals surface area contributed by atoms with Crippen LogP contribution in [0.5, 0.6) is 0 Å². The third kappa shape index (κ3) is 3.75. The van der Waals surface area contributed by atoms with Gasteiger partial charge in [0.25, 0.3) is 0 Å². The zero-order valence-electron chi connectivity index (χ0n) is 12.0. The molecule has 0 spiro atoms. The fourth-order valence-corrected chi connectivity index (χ4v) is 3.35. The van der Waals surface area contributed by atoms with Gasteiger partial charge < -0.3 is 0 Å². The summed E-state index contributed by atoms with van der Waals surface area (Å²) in [5.41, 5.74) is 0.634. The first-order valence-electron chi connectivity index (χ1n) is 7.17. The van der Waals surface area contributed by atoms with Crippen molar-refractivity contribution < 1.29 is 4.79 Å². The van der Waals surface area contributed by atoms with E-state index in [1.807, 2.05) is 7.05 Å². The predicted molar refractivity (Wildman–Crippen MR) is 84.8 cm³/mol. The summed E-state index contributed by atoms with van der Waals surface area (Å²) in [6.45, 7) is 2.72. The second-order valence-corrected chi connectivity index (χ2v) is 6.61. The molecular weight excluding hydrogens is 293 g/mol. The van der Waals surface area contributed by atoms with Crippen molar-refractivity contribution in [2.45, 2.75) is 38.6 Å². The van der Waals surface area contributed by atoms with Crippen LogP contribution in [-0.2, 0) is 0 Å². The van der Waals surface area contributed by atoms with Gasteiger partial charge in [-0.15, -0.1) is 0 Å². The number of ketones is 1. The summed E-state index contributed by atoms with van der Waals surface area (Å²) in [4.78, 5) is 14.5. The van der Waals surface area contributed by atoms with Gasteiger partial charge in [-0.05, 0) is 44.0 Å². The molecule has 1 fully saturated rings. The second kappa shape index (κ2) is 6.93. The maximum atomic E-state index is 12.3. The monoisotopic (exact) mass is 313 g/mol. The summed E-state index contributed by atoms with van der Waals surface area (Å²) in [6.07, 6.45) is 5.02. The van der Waals surface area contributed by atoms with E-state index in [-0.39, 0.29) is 5.78 Å². The lowest BCUT2D eigenvalue weighted by Gasteiger charge is -2.35. The molecule has 1 aromatic rings. The third-order valence-corrected chi connectivity index (χ3v) is 5.01. The first kappa shape index (κ1) is 15.8. The molecule has 0 bridgehead atoms. The number of rotatable bonds is 4. The molecule has 2 atom stereocenters. The summed E-state index contributed by atoms with van der Waals surface area (Å²) >= 11 is 11.8. The Morgan fingerprint density at radius 3 is 2.60 bits per heavy atom. The Bertz CT molecular complexity index is 489. The van der Waals surface area contributed by atoms with E-state index in [0.29, 0.717) is 34.1 Å². The SMILES string of the molecule is CC1CCCCC1N(C)CC(=O)c1ccc(Cl)c(Cl)c1. The minimum atomic E-state index is 0.101. The third-order valence-electron chi connectivity index (χ3n) is 4.27. The molecule has 0 amide bonds. The van der Waals surface area contributed by atoms with E-state index in [4.69, 9.17) is 23.2 Å². The van der Waals surface area contributed by atoms with Gasteiger partial charge in [-0.1, -0.05) is 43.0 Å². The molecule has 2 unspecified atom stereocenters. The highest BCUT2D eigenvalue weighted by molar-refractivity contribution is 6.42. The summed E-state index contributed by atoms with van der Waals surface area (Å²) < 4.78 is 0. The van der Waals surface area contributed by atoms with Crippen molar-refractivity contribution in [3.63, 3.8) is 0 Å². The van der Waals surface area contributed by atoms with Crippen LogP contribution < -0.4 is 0 Å². The number of carbonyl (C=O) groups is 1. The number of benzene rings is 1. The average Bonchev–Trinajstić information content (AvgIpc) is 2.42. The van der Waals surface area contributed by atoms with Gasteiger partial charge in [-0.2, -0.15) is 0 Å². The molecule has 2 nitrogen and oxygen atoms in total. The van der Waals surface area contributed by atoms with Gasteiger partial charge in [0, 0.05) is 11.6 Å². The van der Waals surface area contributed by atoms with Gasteiger partial charge in [-0.25, -0.2) is 0 Å². The molecule has 0 radical (unpaired) electrons. The van der Waals surface area contributed by atoms with Crippen molar-refractivity contribution in [3.8, 4) is 0 Å². The number of hydrogen-bond donors (Lipinski definition) is 0. The smallest absolute Gasteiger partial charge is 0.176 e. The van der Waals surface area contributed by atoms with Gasteiger partial charge in [-0.3, -0.25) is 9.69 Å². The number of hydrogen-bond acceptors (Lipinski definition) is 2. The van der Waals surface area contributed by atoms with E-state index >= 15 is 0 Å². The van der Waals surface area contributed by atoms with E-state index < -0.39 is 0 Å². The number of Topliss-reactive ketones (excluding diaryl/α,β-unsaturated/α-hetero) is 1. The molecule has 2 rings (SSSR count). The predicted octanol–water partition coefficient (Wildman–Crippen LogP) is 4.69. The maximum absolute atomic E-state index is 12.3. The summed E-state index contributed by atoms with van der Waals surface area (Å²) in [7, 11) is 2.04. The topological polar surface area (TPSA) is 20.3 Å². The second-order valence-electron chi connectivity index (χ2n) is 5.80. The molecule has 0 aromatic heterocycles. The quantitative estimate of drug-likeness (QED) is 0.752. The van der Waals surface area contributed by atoms with E-state index in [1.165, 1.54) is 25.7 Å². The van der Waals surface area contributed by atoms with Crippen molar-refractivity contribution in [3.05, 3.63) is 33.8 Å². The summed E-state index contributed by atoms with van der Waals surface area (Å²) in [5, 5.41) is 0.920. The van der Waals surface area contributed by atoms with Crippen LogP contribution in [0.15, 0.2) is 18.2 Å². The molecule has 0 aliphatic heterocycles. The van der Waals surface area contributed by atoms with Crippen molar-refractivity contribution in [2.75, 3.05) is 13.6 Å². The van der Waals surface area contributed by atoms with E-state index in [1.54, 1.807) is 18.2 Å². The van der Waals surface area contributed by atoms with Gasteiger partial charge in [0.15, 0.2) is 5.78 Å². The van der Waals surface area contributed by atoms with Crippen LogP contribution in [0.1, 0.15) is 43.0 Å². The molecule has 1 aliphatic carbocycles. The Kier molecular flexibility index (Phi) is 5.48. The Morgan fingerprint density at radius 1 is 1.25 bits per heavy atom. The van der Waals surface area contributed by atoms with Crippen molar-refractivity contribution >= 4 is 29.0 Å². The number of carbonyl (C=O) groups excluding carboxylic acids is 1. The molecule has 110 valence electrons. The average molecular weight is 314 g/mol. The highest BCUT2D eigenvalue weighted by Gasteiger charge is 2.26. The van der Waals surface area contributed by atoms with Gasteiger partial charge >= 0.3 is 0 Å². The molecule has 4 heteroatoms. The molecule has 1 aliphatic rings. The van der Waals surface area contributed by atoms with Gasteiger partial charge in [0.1, 0.15) is 0 Å². The number of nitrogens with zero attached hydrogens (tertiary/aromatic N) is 1. The van der Waals surface area contributed by atoms with Gasteiger partial charge in [0.2, 0.25) is 0 Å². The number of likely N-dealkylation sites (N-methyl/N-ethyl adjacent to an activating group) is 1. The maximum Gasteiger partial charge on any atom is 0.176 e. The summed E-state index contributed by atoms with van der Waals surface area (Å²) in [5.74, 6) is 0.763. The molecule has 0 heterocycles. The zero-order chi connectivity index (χ0) is 14.7. The lowest BCUT2D eigenvalue weighted by atomic mass is 9.85. The van der Waals surface area contributed by atoms with Crippen LogP contribution in [0.2, 0.25) is 10.0 Å². The largest absolute Gasteiger partial charge is 0.296 e. The first-order chi connectivity index (χ1) is 9.49. The lowest BCUT2D eigenvalue weighted by molar-refractivity contribution is 0.0851. The fourth-order valence-electron chi connectivity index (χ4n) is 3.06. The van der Waals surface area contributed by atoms with Crippen LogP contribution >= 0.6 is 23.2 Å². The first-order valence-corrected chi connectivity index (χ1v) is 7.93. The fraction of sp³-hybridized carbons (Fsp3) is 0.562. The van der Waals surface area contributed by atoms with Crippen LogP contribution in [0.4, 0.5) is 0 Å². The molecule has 0 N–H and O–H groups in total. The van der Waals surface area contributed by atoms with E-state index in [9.17, 15) is 4.79 Å². The lowest BCUT2D eigenvalue weighted by Crippen LogP contribution is -2.41. The minimum Gasteiger partial charge on any atom is -0.296 e. The van der Waals surface area contributed by atoms with Crippen molar-refractivity contribution in [1.82, 2.24) is 4.90 Å². The van der Waals surface area contributed by atoms with Gasteiger partial charge in [0.05, 0.1) is 16.6 Å². The molecular formula is C16H21Cl2NO. The Labute approximate surface area is 131 Å². The summed E-state index contributed by atoms with van der Waals surface area (Å²) in [6, 6.07) is 5.59. The molecule has 20 heavy (non-hydrogen) atoms. The highest BCUT2D eigenvalue weighted by atomic mass is 35.5. The highest BCUT2D eigenvalue weighted by Crippen LogP contribution is 2.28. The van der Waals surface area contributed by atoms with Crippen LogP contribution in [0, 0.1) is 5.92 Å². The van der Waals surface area contributed by atoms with Crippen LogP contribution in [0.3, 0.4) is 0 Å². The zero-order valence-corrected chi connectivity index (χ0v) is 13.5. The molecule has 0 saturated heterocycles. The van der Waals surface area contributed by atoms with E-state index in [0.717, 1.165) is 0 Å².